The zero-order chi connectivity index (χ0) is 10.2. The monoisotopic (exact) mass is 197 g/mol. The van der Waals surface area contributed by atoms with Gasteiger partial charge in [-0.2, -0.15) is 0 Å². The number of ether oxygens (including phenoxy) is 1. The normalized spacial score (nSPS) is 18.6. The largest absolute Gasteiger partial charge is 0.480 e. The Morgan fingerprint density at radius 2 is 2.43 bits per heavy atom. The molecule has 1 aromatic rings. The van der Waals surface area contributed by atoms with Gasteiger partial charge in [0.2, 0.25) is 0 Å². The van der Waals surface area contributed by atoms with Crippen molar-refractivity contribution in [3.8, 4) is 5.88 Å². The van der Waals surface area contributed by atoms with Crippen LogP contribution in [0.1, 0.15) is 25.0 Å². The molecule has 0 aliphatic heterocycles. The van der Waals surface area contributed by atoms with Crippen molar-refractivity contribution >= 4 is 5.97 Å². The summed E-state index contributed by atoms with van der Waals surface area (Å²) in [5.41, 5.74) is -0.857. The molecule has 1 aliphatic rings. The second kappa shape index (κ2) is 3.01. The molecule has 0 unspecified atom stereocenters. The lowest BCUT2D eigenvalue weighted by Crippen LogP contribution is -2.41. The lowest BCUT2D eigenvalue weighted by atomic mass is 9.67. The highest BCUT2D eigenvalue weighted by atomic mass is 16.5. The van der Waals surface area contributed by atoms with Gasteiger partial charge in [-0.25, -0.2) is 0 Å². The number of carbonyl (C=O) groups is 1. The van der Waals surface area contributed by atoms with Gasteiger partial charge in [-0.05, 0) is 18.0 Å². The van der Waals surface area contributed by atoms with E-state index in [9.17, 15) is 4.79 Å². The van der Waals surface area contributed by atoms with Crippen LogP contribution in [0.3, 0.4) is 0 Å². The molecule has 2 rings (SSSR count). The number of hydrogen-bond donors (Lipinski definition) is 1. The van der Waals surface area contributed by atoms with Crippen LogP contribution in [0.2, 0.25) is 0 Å². The first kappa shape index (κ1) is 9.05. The number of rotatable bonds is 3. The first-order valence-electron chi connectivity index (χ1n) is 4.43. The first-order valence-corrected chi connectivity index (χ1v) is 4.43. The van der Waals surface area contributed by atoms with Crippen LogP contribution in [0.25, 0.3) is 0 Å². The molecule has 0 saturated heterocycles. The number of aliphatic carboxylic acids is 1. The van der Waals surface area contributed by atoms with Crippen molar-refractivity contribution in [3.63, 3.8) is 0 Å². The average molecular weight is 197 g/mol. The van der Waals surface area contributed by atoms with E-state index in [1.54, 1.807) is 6.07 Å². The van der Waals surface area contributed by atoms with Crippen molar-refractivity contribution in [2.24, 2.45) is 0 Å². The highest BCUT2D eigenvalue weighted by Crippen LogP contribution is 2.44. The van der Waals surface area contributed by atoms with E-state index in [-0.39, 0.29) is 0 Å². The van der Waals surface area contributed by atoms with Crippen LogP contribution in [0, 0.1) is 0 Å². The van der Waals surface area contributed by atoms with Gasteiger partial charge in [0, 0.05) is 6.07 Å². The van der Waals surface area contributed by atoms with Gasteiger partial charge in [-0.15, -0.1) is 0 Å². The Morgan fingerprint density at radius 1 is 1.71 bits per heavy atom. The standard InChI is InChI=1S/C9H11NO4/c1-13-7-5-6(14-10-7)9(8(11)12)3-2-4-9/h5H,2-4H2,1H3,(H,11,12). The van der Waals surface area contributed by atoms with Crippen molar-refractivity contribution in [3.05, 3.63) is 11.8 Å². The predicted octanol–water partition coefficient (Wildman–Crippen LogP) is 1.19. The van der Waals surface area contributed by atoms with Gasteiger partial charge in [0.25, 0.3) is 5.88 Å². The molecule has 1 aliphatic carbocycles. The third kappa shape index (κ3) is 1.08. The van der Waals surface area contributed by atoms with Crippen LogP contribution in [0.4, 0.5) is 0 Å². The summed E-state index contributed by atoms with van der Waals surface area (Å²) < 4.78 is 9.81. The van der Waals surface area contributed by atoms with Gasteiger partial charge < -0.3 is 14.4 Å². The molecule has 0 bridgehead atoms. The summed E-state index contributed by atoms with van der Waals surface area (Å²) in [6.45, 7) is 0. The summed E-state index contributed by atoms with van der Waals surface area (Å²) in [6, 6.07) is 1.55. The van der Waals surface area contributed by atoms with E-state index >= 15 is 0 Å². The Morgan fingerprint density at radius 3 is 2.79 bits per heavy atom. The van der Waals surface area contributed by atoms with E-state index in [0.717, 1.165) is 6.42 Å². The third-order valence-corrected chi connectivity index (χ3v) is 2.79. The van der Waals surface area contributed by atoms with Crippen molar-refractivity contribution in [1.82, 2.24) is 5.16 Å². The first-order chi connectivity index (χ1) is 6.69. The Kier molecular flexibility index (Phi) is 1.94. The summed E-state index contributed by atoms with van der Waals surface area (Å²) in [6.07, 6.45) is 2.14. The molecule has 5 nitrogen and oxygen atoms in total. The van der Waals surface area contributed by atoms with E-state index < -0.39 is 11.4 Å². The zero-order valence-corrected chi connectivity index (χ0v) is 7.82. The number of aromatic nitrogens is 1. The van der Waals surface area contributed by atoms with Crippen LogP contribution in [-0.4, -0.2) is 23.3 Å². The maximum absolute atomic E-state index is 11.1. The molecule has 0 amide bonds. The maximum atomic E-state index is 11.1. The molecule has 0 radical (unpaired) electrons. The van der Waals surface area contributed by atoms with Crippen LogP contribution < -0.4 is 4.74 Å². The molecule has 1 N–H and O–H groups in total. The molecule has 1 heterocycles. The van der Waals surface area contributed by atoms with E-state index in [1.807, 2.05) is 0 Å². The molecule has 1 saturated carbocycles. The molecule has 14 heavy (non-hydrogen) atoms. The van der Waals surface area contributed by atoms with E-state index in [4.69, 9.17) is 14.4 Å². The molecule has 0 atom stereocenters. The van der Waals surface area contributed by atoms with E-state index in [2.05, 4.69) is 5.16 Å². The number of carboxylic acid groups (broad SMARTS) is 1. The topological polar surface area (TPSA) is 72.6 Å². The predicted molar refractivity (Wildman–Crippen MR) is 46.2 cm³/mol. The van der Waals surface area contributed by atoms with Gasteiger partial charge in [-0.3, -0.25) is 4.79 Å². The fourth-order valence-electron chi connectivity index (χ4n) is 1.68. The molecule has 76 valence electrons. The van der Waals surface area contributed by atoms with E-state index in [0.29, 0.717) is 24.5 Å². The molecule has 0 aromatic carbocycles. The van der Waals surface area contributed by atoms with E-state index in [1.165, 1.54) is 7.11 Å². The van der Waals surface area contributed by atoms with Gasteiger partial charge >= 0.3 is 5.97 Å². The van der Waals surface area contributed by atoms with Gasteiger partial charge in [0.1, 0.15) is 5.41 Å². The van der Waals surface area contributed by atoms with Crippen molar-refractivity contribution in [2.45, 2.75) is 24.7 Å². The summed E-state index contributed by atoms with van der Waals surface area (Å²) in [7, 11) is 1.47. The quantitative estimate of drug-likeness (QED) is 0.787. The Bertz CT molecular complexity index is 353. The minimum atomic E-state index is -0.857. The Balaban J connectivity index is 2.32. The summed E-state index contributed by atoms with van der Waals surface area (Å²) in [5.74, 6) is -0.122. The highest BCUT2D eigenvalue weighted by molar-refractivity contribution is 5.81. The minimum absolute atomic E-state index is 0.326. The lowest BCUT2D eigenvalue weighted by molar-refractivity contribution is -0.148. The van der Waals surface area contributed by atoms with Crippen molar-refractivity contribution < 1.29 is 19.2 Å². The summed E-state index contributed by atoms with van der Waals surface area (Å²) >= 11 is 0. The maximum Gasteiger partial charge on any atom is 0.317 e. The summed E-state index contributed by atoms with van der Waals surface area (Å²) in [5, 5.41) is 12.7. The average Bonchev–Trinajstić information content (AvgIpc) is 2.50. The Hall–Kier alpha value is -1.52. The molecular formula is C9H11NO4. The highest BCUT2D eigenvalue weighted by Gasteiger charge is 2.49. The van der Waals surface area contributed by atoms with Gasteiger partial charge in [-0.1, -0.05) is 6.42 Å². The molecule has 0 spiro atoms. The van der Waals surface area contributed by atoms with Crippen LogP contribution in [0.5, 0.6) is 5.88 Å². The number of hydrogen-bond acceptors (Lipinski definition) is 4. The molecule has 1 fully saturated rings. The minimum Gasteiger partial charge on any atom is -0.480 e. The van der Waals surface area contributed by atoms with Gasteiger partial charge in [0.15, 0.2) is 5.76 Å². The number of methoxy groups -OCH3 is 1. The van der Waals surface area contributed by atoms with Crippen LogP contribution >= 0.6 is 0 Å². The van der Waals surface area contributed by atoms with Crippen LogP contribution in [0.15, 0.2) is 10.6 Å². The fourth-order valence-corrected chi connectivity index (χ4v) is 1.68. The lowest BCUT2D eigenvalue weighted by Gasteiger charge is -2.34. The fraction of sp³-hybridized carbons (Fsp3) is 0.556. The summed E-state index contributed by atoms with van der Waals surface area (Å²) in [4.78, 5) is 11.1. The SMILES string of the molecule is COc1cc(C2(C(=O)O)CCC2)on1. The molecule has 1 aromatic heterocycles. The second-order valence-corrected chi connectivity index (χ2v) is 3.47. The third-order valence-electron chi connectivity index (χ3n) is 2.79. The van der Waals surface area contributed by atoms with Gasteiger partial charge in [0.05, 0.1) is 7.11 Å². The number of carboxylic acids is 1. The molecular weight excluding hydrogens is 186 g/mol. The van der Waals surface area contributed by atoms with Crippen LogP contribution in [-0.2, 0) is 10.2 Å². The Labute approximate surface area is 80.6 Å². The second-order valence-electron chi connectivity index (χ2n) is 3.47. The molecule has 5 heteroatoms. The smallest absolute Gasteiger partial charge is 0.317 e. The zero-order valence-electron chi connectivity index (χ0n) is 7.82. The number of nitrogens with zero attached hydrogens (tertiary/aromatic N) is 1. The van der Waals surface area contributed by atoms with Crippen molar-refractivity contribution in [2.75, 3.05) is 7.11 Å². The van der Waals surface area contributed by atoms with Crippen molar-refractivity contribution in [1.29, 1.82) is 0 Å².